The topological polar surface area (TPSA) is 43.4 Å². The van der Waals surface area contributed by atoms with Gasteiger partial charge in [0.25, 0.3) is 10.1 Å². The molecule has 1 aromatic carbocycles. The van der Waals surface area contributed by atoms with Gasteiger partial charge >= 0.3 is 0 Å². The monoisotopic (exact) mass is 278 g/mol. The number of thiophene rings is 1. The van der Waals surface area contributed by atoms with Crippen molar-refractivity contribution in [2.75, 3.05) is 6.61 Å². The maximum Gasteiger partial charge on any atom is 0.297 e. The van der Waals surface area contributed by atoms with E-state index in [0.29, 0.717) is 0 Å². The van der Waals surface area contributed by atoms with Gasteiger partial charge in [-0.2, -0.15) is 19.8 Å². The van der Waals surface area contributed by atoms with Crippen LogP contribution in [0.2, 0.25) is 0 Å². The molecule has 1 aromatic heterocycles. The van der Waals surface area contributed by atoms with E-state index in [2.05, 4.69) is 11.8 Å². The van der Waals surface area contributed by atoms with E-state index in [1.54, 1.807) is 18.2 Å². The summed E-state index contributed by atoms with van der Waals surface area (Å²) >= 11 is 1.54. The largest absolute Gasteiger partial charge is 0.297 e. The van der Waals surface area contributed by atoms with Crippen molar-refractivity contribution in [3.05, 3.63) is 52.7 Å². The third kappa shape index (κ3) is 3.44. The first-order valence-electron chi connectivity index (χ1n) is 5.14. The minimum absolute atomic E-state index is 0.141. The lowest BCUT2D eigenvalue weighted by molar-refractivity contribution is 0.363. The van der Waals surface area contributed by atoms with Crippen LogP contribution in [0.3, 0.4) is 0 Å². The molecule has 0 unspecified atom stereocenters. The van der Waals surface area contributed by atoms with Crippen LogP contribution in [0.5, 0.6) is 0 Å². The van der Waals surface area contributed by atoms with Crippen LogP contribution in [-0.4, -0.2) is 15.0 Å². The van der Waals surface area contributed by atoms with Crippen molar-refractivity contribution in [3.8, 4) is 11.8 Å². The zero-order valence-electron chi connectivity index (χ0n) is 9.37. The Bertz CT molecular complexity index is 647. The van der Waals surface area contributed by atoms with Crippen LogP contribution >= 0.6 is 11.3 Å². The summed E-state index contributed by atoms with van der Waals surface area (Å²) in [6, 6.07) is 9.88. The third-order valence-corrected chi connectivity index (χ3v) is 4.03. The Kier molecular flexibility index (Phi) is 4.15. The molecule has 0 saturated heterocycles. The lowest BCUT2D eigenvalue weighted by Crippen LogP contribution is -2.06. The van der Waals surface area contributed by atoms with Crippen LogP contribution in [0.25, 0.3) is 0 Å². The second-order valence-electron chi connectivity index (χ2n) is 3.34. The molecule has 3 nitrogen and oxygen atoms in total. The van der Waals surface area contributed by atoms with Crippen molar-refractivity contribution in [1.29, 1.82) is 0 Å². The highest BCUT2D eigenvalue weighted by Crippen LogP contribution is 2.10. The summed E-state index contributed by atoms with van der Waals surface area (Å²) in [7, 11) is -3.70. The van der Waals surface area contributed by atoms with Gasteiger partial charge in [-0.25, -0.2) is 0 Å². The quantitative estimate of drug-likeness (QED) is 0.640. The first kappa shape index (κ1) is 12.8. The first-order chi connectivity index (χ1) is 8.68. The number of rotatable bonds is 3. The van der Waals surface area contributed by atoms with Gasteiger partial charge in [0, 0.05) is 10.9 Å². The SMILES string of the molecule is O=S(=O)(OCC#Cc1ccsc1)c1ccccc1. The molecule has 2 aromatic rings. The Morgan fingerprint density at radius 2 is 1.94 bits per heavy atom. The maximum absolute atomic E-state index is 11.7. The van der Waals surface area contributed by atoms with Gasteiger partial charge in [-0.15, -0.1) is 0 Å². The van der Waals surface area contributed by atoms with Gasteiger partial charge in [-0.05, 0) is 23.6 Å². The van der Waals surface area contributed by atoms with Gasteiger partial charge in [0.1, 0.15) is 6.61 Å². The molecule has 0 aliphatic rings. The van der Waals surface area contributed by atoms with Crippen molar-refractivity contribution < 1.29 is 12.6 Å². The van der Waals surface area contributed by atoms with E-state index in [-0.39, 0.29) is 11.5 Å². The second kappa shape index (κ2) is 5.83. The molecule has 0 N–H and O–H groups in total. The van der Waals surface area contributed by atoms with E-state index in [0.717, 1.165) is 5.56 Å². The van der Waals surface area contributed by atoms with Gasteiger partial charge in [-0.3, -0.25) is 4.18 Å². The molecule has 5 heteroatoms. The summed E-state index contributed by atoms with van der Waals surface area (Å²) < 4.78 is 28.2. The third-order valence-electron chi connectivity index (χ3n) is 2.07. The Hall–Kier alpha value is -1.61. The van der Waals surface area contributed by atoms with E-state index in [1.165, 1.54) is 23.5 Å². The number of hydrogen-bond donors (Lipinski definition) is 0. The van der Waals surface area contributed by atoms with E-state index in [4.69, 9.17) is 4.18 Å². The summed E-state index contributed by atoms with van der Waals surface area (Å²) in [5.74, 6) is 5.49. The summed E-state index contributed by atoms with van der Waals surface area (Å²) in [5, 5.41) is 3.80. The van der Waals surface area contributed by atoms with E-state index >= 15 is 0 Å². The van der Waals surface area contributed by atoms with Gasteiger partial charge in [0.05, 0.1) is 4.90 Å². The Morgan fingerprint density at radius 1 is 1.17 bits per heavy atom. The van der Waals surface area contributed by atoms with Crippen LogP contribution in [0.15, 0.2) is 52.1 Å². The molecular formula is C13H10O3S2. The molecule has 0 aliphatic heterocycles. The predicted molar refractivity (Wildman–Crippen MR) is 70.8 cm³/mol. The second-order valence-corrected chi connectivity index (χ2v) is 5.74. The summed E-state index contributed by atoms with van der Waals surface area (Å²) in [5.41, 5.74) is 0.862. The molecule has 0 spiro atoms. The highest BCUT2D eigenvalue weighted by molar-refractivity contribution is 7.86. The highest BCUT2D eigenvalue weighted by atomic mass is 32.2. The minimum Gasteiger partial charge on any atom is -0.253 e. The highest BCUT2D eigenvalue weighted by Gasteiger charge is 2.12. The zero-order chi connectivity index (χ0) is 12.8. The smallest absolute Gasteiger partial charge is 0.253 e. The van der Waals surface area contributed by atoms with E-state index < -0.39 is 10.1 Å². The molecule has 1 heterocycles. The Labute approximate surface area is 110 Å². The molecule has 2 rings (SSSR count). The summed E-state index contributed by atoms with van der Waals surface area (Å²) in [6.45, 7) is -0.146. The van der Waals surface area contributed by atoms with Crippen molar-refractivity contribution in [1.82, 2.24) is 0 Å². The Balaban J connectivity index is 1.98. The molecular weight excluding hydrogens is 268 g/mol. The first-order valence-corrected chi connectivity index (χ1v) is 7.49. The lowest BCUT2D eigenvalue weighted by Gasteiger charge is -2.01. The molecule has 0 aliphatic carbocycles. The van der Waals surface area contributed by atoms with E-state index in [1.807, 2.05) is 16.8 Å². The van der Waals surface area contributed by atoms with Crippen LogP contribution in [-0.2, 0) is 14.3 Å². The molecule has 0 atom stereocenters. The average molecular weight is 278 g/mol. The van der Waals surface area contributed by atoms with Crippen LogP contribution in [0.1, 0.15) is 5.56 Å². The molecule has 0 radical (unpaired) electrons. The van der Waals surface area contributed by atoms with E-state index in [9.17, 15) is 8.42 Å². The Morgan fingerprint density at radius 3 is 2.61 bits per heavy atom. The van der Waals surface area contributed by atoms with Crippen molar-refractivity contribution in [2.45, 2.75) is 4.90 Å². The lowest BCUT2D eigenvalue weighted by atomic mass is 10.3. The minimum atomic E-state index is -3.70. The molecule has 0 fully saturated rings. The van der Waals surface area contributed by atoms with Crippen LogP contribution < -0.4 is 0 Å². The number of hydrogen-bond acceptors (Lipinski definition) is 4. The maximum atomic E-state index is 11.7. The van der Waals surface area contributed by atoms with Crippen molar-refractivity contribution >= 4 is 21.5 Å². The molecule has 0 saturated carbocycles. The van der Waals surface area contributed by atoms with Crippen molar-refractivity contribution in [3.63, 3.8) is 0 Å². The van der Waals surface area contributed by atoms with Gasteiger partial charge in [0.15, 0.2) is 0 Å². The van der Waals surface area contributed by atoms with Gasteiger partial charge in [-0.1, -0.05) is 30.0 Å². The standard InChI is InChI=1S/C13H10O3S2/c14-18(15,13-6-2-1-3-7-13)16-9-4-5-12-8-10-17-11-12/h1-3,6-8,10-11H,9H2. The van der Waals surface area contributed by atoms with Crippen LogP contribution in [0.4, 0.5) is 0 Å². The number of benzene rings is 1. The van der Waals surface area contributed by atoms with Crippen molar-refractivity contribution in [2.24, 2.45) is 0 Å². The molecule has 92 valence electrons. The summed E-state index contributed by atoms with van der Waals surface area (Å²) in [6.07, 6.45) is 0. The zero-order valence-corrected chi connectivity index (χ0v) is 11.0. The summed E-state index contributed by atoms with van der Waals surface area (Å²) in [4.78, 5) is 0.141. The fourth-order valence-electron chi connectivity index (χ4n) is 1.24. The average Bonchev–Trinajstić information content (AvgIpc) is 2.89. The molecule has 0 amide bonds. The predicted octanol–water partition coefficient (Wildman–Crippen LogP) is 2.51. The van der Waals surface area contributed by atoms with Gasteiger partial charge in [0.2, 0.25) is 0 Å². The van der Waals surface area contributed by atoms with Crippen LogP contribution in [0, 0.1) is 11.8 Å². The fraction of sp³-hybridized carbons (Fsp3) is 0.0769. The molecule has 18 heavy (non-hydrogen) atoms. The fourth-order valence-corrected chi connectivity index (χ4v) is 2.66. The molecule has 0 bridgehead atoms. The normalized spacial score (nSPS) is 10.7. The van der Waals surface area contributed by atoms with Gasteiger partial charge < -0.3 is 0 Å².